The molecule has 0 radical (unpaired) electrons. The van der Waals surface area contributed by atoms with Gasteiger partial charge in [0.1, 0.15) is 11.5 Å². The van der Waals surface area contributed by atoms with E-state index in [1.165, 1.54) is 56.4 Å². The Labute approximate surface area is 356 Å². The smallest absolute Gasteiger partial charge is 0.422 e. The fourth-order valence-electron chi connectivity index (χ4n) is 6.08. The van der Waals surface area contributed by atoms with Gasteiger partial charge in [0, 0.05) is 30.4 Å². The summed E-state index contributed by atoms with van der Waals surface area (Å²) in [7, 11) is -11.3. The first-order valence-electron chi connectivity index (χ1n) is 18.6. The number of rotatable bonds is 19. The fourth-order valence-corrected chi connectivity index (χ4v) is 11.1. The van der Waals surface area contributed by atoms with Gasteiger partial charge in [0.25, 0.3) is 21.6 Å². The van der Waals surface area contributed by atoms with Gasteiger partial charge in [0.05, 0.1) is 54.6 Å². The zero-order chi connectivity index (χ0) is 45.6. The summed E-state index contributed by atoms with van der Waals surface area (Å²) in [5, 5.41) is 11.5. The number of benzene rings is 3. The first kappa shape index (κ1) is 47.1. The highest BCUT2D eigenvalue weighted by atomic mass is 32.2. The van der Waals surface area contributed by atoms with Gasteiger partial charge in [-0.2, -0.15) is 13.2 Å². The number of alkyl halides is 3. The van der Waals surface area contributed by atoms with Gasteiger partial charge in [-0.1, -0.05) is 32.0 Å². The zero-order valence-corrected chi connectivity index (χ0v) is 35.9. The van der Waals surface area contributed by atoms with Crippen molar-refractivity contribution in [1.82, 2.24) is 19.3 Å². The quantitative estimate of drug-likeness (QED) is 0.0608. The Balaban J connectivity index is 1.34. The molecule has 1 N–H and O–H groups in total. The fraction of sp³-hybridized carbons (Fsp3) is 0.333. The van der Waals surface area contributed by atoms with Crippen LogP contribution in [0.1, 0.15) is 49.9 Å². The predicted molar refractivity (Wildman–Crippen MR) is 217 cm³/mol. The van der Waals surface area contributed by atoms with Crippen LogP contribution in [-0.2, 0) is 50.7 Å². The number of nitro groups is 1. The number of ether oxygens (including phenoxy) is 3. The number of aromatic nitrogens is 3. The molecule has 5 rings (SSSR count). The molecule has 2 aromatic heterocycles. The first-order valence-corrected chi connectivity index (χ1v) is 22.9. The number of hydrogen-bond acceptors (Lipinski definition) is 14. The molecule has 0 saturated heterocycles. The summed E-state index contributed by atoms with van der Waals surface area (Å²) >= 11 is 0. The van der Waals surface area contributed by atoms with Crippen LogP contribution < -0.4 is 14.8 Å². The number of halogens is 3. The van der Waals surface area contributed by atoms with Crippen LogP contribution in [-0.4, -0.2) is 89.6 Å². The summed E-state index contributed by atoms with van der Waals surface area (Å²) in [5.41, 5.74) is 0.295. The number of nitrogens with one attached hydrogen (secondary N) is 1. The maximum Gasteiger partial charge on any atom is 0.422 e. The third kappa shape index (κ3) is 10.9. The van der Waals surface area contributed by atoms with Crippen LogP contribution in [0.4, 0.5) is 18.9 Å². The topological polar surface area (TPSA) is 233 Å². The van der Waals surface area contributed by atoms with Gasteiger partial charge in [-0.15, -0.1) is 0 Å². The Morgan fingerprint density at radius 2 is 1.73 bits per heavy atom. The molecule has 0 fully saturated rings. The van der Waals surface area contributed by atoms with E-state index in [9.17, 15) is 53.9 Å². The molecule has 1 amide bonds. The summed E-state index contributed by atoms with van der Waals surface area (Å²) in [6, 6.07) is 15.5. The van der Waals surface area contributed by atoms with Crippen molar-refractivity contribution in [3.8, 4) is 11.5 Å². The van der Waals surface area contributed by atoms with Crippen LogP contribution in [0.3, 0.4) is 0 Å². The molecule has 0 spiro atoms. The van der Waals surface area contributed by atoms with Crippen LogP contribution in [0.2, 0.25) is 0 Å². The van der Waals surface area contributed by atoms with E-state index in [4.69, 9.17) is 14.2 Å². The van der Waals surface area contributed by atoms with E-state index in [1.807, 2.05) is 0 Å². The van der Waals surface area contributed by atoms with E-state index in [0.29, 0.717) is 0 Å². The van der Waals surface area contributed by atoms with Gasteiger partial charge >= 0.3 is 12.1 Å². The molecule has 332 valence electrons. The maximum atomic E-state index is 14.6. The van der Waals surface area contributed by atoms with Crippen molar-refractivity contribution in [3.63, 3.8) is 0 Å². The number of para-hydroxylation sites is 2. The number of pyridine rings is 1. The summed E-state index contributed by atoms with van der Waals surface area (Å²) in [4.78, 5) is 43.8. The zero-order valence-electron chi connectivity index (χ0n) is 33.4. The third-order valence-electron chi connectivity index (χ3n) is 9.11. The summed E-state index contributed by atoms with van der Waals surface area (Å²) in [5.74, 6) is -2.79. The van der Waals surface area contributed by atoms with Gasteiger partial charge < -0.3 is 19.5 Å². The second-order valence-electron chi connectivity index (χ2n) is 13.7. The Morgan fingerprint density at radius 3 is 2.40 bits per heavy atom. The number of sulfone groups is 1. The third-order valence-corrected chi connectivity index (χ3v) is 14.3. The summed E-state index contributed by atoms with van der Waals surface area (Å²) in [6.07, 6.45) is -3.87. The highest BCUT2D eigenvalue weighted by Gasteiger charge is 2.36. The Bertz CT molecular complexity index is 2740. The highest BCUT2D eigenvalue weighted by Crippen LogP contribution is 2.34. The highest BCUT2D eigenvalue weighted by molar-refractivity contribution is 7.93. The number of fused-ring (bicyclic) bond motifs is 1. The Hall–Kier alpha value is -5.94. The van der Waals surface area contributed by atoms with E-state index in [-0.39, 0.29) is 62.6 Å². The lowest BCUT2D eigenvalue weighted by Crippen LogP contribution is -2.37. The molecule has 0 aliphatic carbocycles. The molecule has 0 saturated carbocycles. The molecular formula is C39H40F3N5O12S3. The predicted octanol–water partition coefficient (Wildman–Crippen LogP) is 5.55. The number of nitro benzene ring substituents is 1. The molecule has 0 aliphatic rings. The normalized spacial score (nSPS) is 13.1. The molecular weight excluding hydrogens is 884 g/mol. The first-order chi connectivity index (χ1) is 29.1. The van der Waals surface area contributed by atoms with Crippen molar-refractivity contribution in [2.24, 2.45) is 0 Å². The van der Waals surface area contributed by atoms with Crippen molar-refractivity contribution in [1.29, 1.82) is 0 Å². The molecule has 62 heavy (non-hydrogen) atoms. The van der Waals surface area contributed by atoms with Crippen LogP contribution in [0, 0.1) is 17.0 Å². The largest absolute Gasteiger partial charge is 0.484 e. The molecule has 2 unspecified atom stereocenters. The second-order valence-corrected chi connectivity index (χ2v) is 19.0. The molecule has 17 nitrogen and oxygen atoms in total. The number of amides is 1. The summed E-state index contributed by atoms with van der Waals surface area (Å²) < 4.78 is 125. The van der Waals surface area contributed by atoms with Gasteiger partial charge in [0.15, 0.2) is 28.3 Å². The lowest BCUT2D eigenvalue weighted by molar-refractivity contribution is -0.385. The minimum Gasteiger partial charge on any atom is -0.484 e. The molecule has 2 atom stereocenters. The Morgan fingerprint density at radius 1 is 1.00 bits per heavy atom. The van der Waals surface area contributed by atoms with Crippen molar-refractivity contribution in [2.45, 2.75) is 72.2 Å². The van der Waals surface area contributed by atoms with Crippen LogP contribution in [0.15, 0.2) is 93.9 Å². The molecule has 0 aliphatic heterocycles. The molecule has 5 aromatic rings. The minimum absolute atomic E-state index is 0.0777. The second kappa shape index (κ2) is 19.4. The maximum absolute atomic E-state index is 14.6. The van der Waals surface area contributed by atoms with Crippen molar-refractivity contribution in [3.05, 3.63) is 106 Å². The number of nitrogens with zero attached hydrogens (tertiary/aromatic N) is 4. The van der Waals surface area contributed by atoms with E-state index < -0.39 is 101 Å². The monoisotopic (exact) mass is 923 g/mol. The van der Waals surface area contributed by atoms with Crippen LogP contribution >= 0.6 is 0 Å². The van der Waals surface area contributed by atoms with Gasteiger partial charge in [-0.25, -0.2) is 25.8 Å². The van der Waals surface area contributed by atoms with Crippen molar-refractivity contribution in [2.75, 3.05) is 26.4 Å². The average Bonchev–Trinajstić information content (AvgIpc) is 3.62. The standard InChI is InChI=1S/C39H40F3N5O12S3/c1-5-57-37(49)35(61(53,54)28-10-8-9-26(19-28)47(50)51)16-18-44-36(48)21-58-27-13-14-34(29(20-27)24(2)3)62(55,56)46-32-12-7-6-11-30(32)45-38(46)60(52)22-31-25(4)33(15-17-43-31)59-23-39(40,41)42/h6-15,17,19-20,24,35H,5,16,18,21-23H2,1-4H3,(H,44,48). The number of carbonyl (C=O) groups is 2. The average molecular weight is 924 g/mol. The van der Waals surface area contributed by atoms with E-state index >= 15 is 0 Å². The minimum atomic E-state index is -4.61. The van der Waals surface area contributed by atoms with Crippen molar-refractivity contribution >= 4 is 59.3 Å². The lowest BCUT2D eigenvalue weighted by Gasteiger charge is -2.18. The molecule has 0 bridgehead atoms. The van der Waals surface area contributed by atoms with Crippen LogP contribution in [0.5, 0.6) is 11.5 Å². The number of non-ortho nitro benzene ring substituents is 1. The molecule has 3 aromatic carbocycles. The van der Waals surface area contributed by atoms with Gasteiger partial charge in [-0.05, 0) is 74.2 Å². The number of carbonyl (C=O) groups excluding carboxylic acids is 2. The number of hydrogen-bond donors (Lipinski definition) is 1. The molecule has 2 heterocycles. The molecule has 23 heteroatoms. The lowest BCUT2D eigenvalue weighted by atomic mass is 10.0. The number of esters is 1. The van der Waals surface area contributed by atoms with Gasteiger partial charge in [-0.3, -0.25) is 28.9 Å². The number of imidazole rings is 1. The van der Waals surface area contributed by atoms with E-state index in [0.717, 1.165) is 28.2 Å². The van der Waals surface area contributed by atoms with E-state index in [1.54, 1.807) is 26.0 Å². The SMILES string of the molecule is CCOC(=O)C(CCNC(=O)COc1ccc(S(=O)(=O)n2c(S(=O)Cc3nccc(OCC(F)(F)F)c3C)nc3ccccc32)c(C(C)C)c1)S(=O)(=O)c1cccc([N+](=O)[O-])c1. The van der Waals surface area contributed by atoms with Gasteiger partial charge in [0.2, 0.25) is 5.16 Å². The summed E-state index contributed by atoms with van der Waals surface area (Å²) in [6.45, 7) is 3.65. The van der Waals surface area contributed by atoms with Crippen molar-refractivity contribution < 1.29 is 62.9 Å². The Kier molecular flexibility index (Phi) is 14.7. The van der Waals surface area contributed by atoms with Crippen LogP contribution in [0.25, 0.3) is 11.0 Å². The van der Waals surface area contributed by atoms with E-state index in [2.05, 4.69) is 15.3 Å².